The summed E-state index contributed by atoms with van der Waals surface area (Å²) in [4.78, 5) is 24.1. The molecule has 0 aliphatic carbocycles. The maximum absolute atomic E-state index is 13.0. The lowest BCUT2D eigenvalue weighted by Gasteiger charge is -2.32. The Balaban J connectivity index is 1.56. The van der Waals surface area contributed by atoms with Crippen LogP contribution in [-0.2, 0) is 4.74 Å². The first kappa shape index (κ1) is 26.1. The van der Waals surface area contributed by atoms with Gasteiger partial charge in [0.25, 0.3) is 5.91 Å². The monoisotopic (exact) mass is 500 g/mol. The van der Waals surface area contributed by atoms with E-state index in [0.29, 0.717) is 30.2 Å². The maximum Gasteiger partial charge on any atom is 0.289 e. The number of hydrogen-bond acceptors (Lipinski definition) is 8. The van der Waals surface area contributed by atoms with Crippen LogP contribution in [0.2, 0.25) is 0 Å². The smallest absolute Gasteiger partial charge is 0.289 e. The van der Waals surface area contributed by atoms with Gasteiger partial charge in [0, 0.05) is 55.5 Å². The number of nitriles is 1. The number of piperidine rings is 1. The molecule has 1 saturated heterocycles. The molecule has 0 saturated carbocycles. The van der Waals surface area contributed by atoms with Crippen molar-refractivity contribution in [2.45, 2.75) is 18.9 Å². The Morgan fingerprint density at radius 2 is 2.11 bits per heavy atom. The van der Waals surface area contributed by atoms with E-state index in [1.54, 1.807) is 26.5 Å². The highest BCUT2D eigenvalue weighted by Crippen LogP contribution is 2.35. The summed E-state index contributed by atoms with van der Waals surface area (Å²) in [6.07, 6.45) is 3.55. The minimum atomic E-state index is -0.278. The molecule has 2 N–H and O–H groups in total. The van der Waals surface area contributed by atoms with Crippen LogP contribution in [0.25, 0.3) is 22.0 Å². The number of fused-ring (bicyclic) bond motifs is 1. The highest BCUT2D eigenvalue weighted by atomic mass is 16.5. The van der Waals surface area contributed by atoms with Gasteiger partial charge in [0.15, 0.2) is 0 Å². The largest absolute Gasteiger partial charge is 0.495 e. The zero-order valence-corrected chi connectivity index (χ0v) is 21.3. The summed E-state index contributed by atoms with van der Waals surface area (Å²) < 4.78 is 10.7. The molecule has 9 heteroatoms. The van der Waals surface area contributed by atoms with Gasteiger partial charge in [-0.25, -0.2) is 9.97 Å². The number of methoxy groups -OCH3 is 2. The number of likely N-dealkylation sites (tertiary alicyclic amines) is 1. The van der Waals surface area contributed by atoms with Crippen molar-refractivity contribution < 1.29 is 14.3 Å². The van der Waals surface area contributed by atoms with Gasteiger partial charge in [-0.1, -0.05) is 24.8 Å². The van der Waals surface area contributed by atoms with Crippen molar-refractivity contribution in [3.8, 4) is 23.1 Å². The van der Waals surface area contributed by atoms with Gasteiger partial charge in [-0.2, -0.15) is 5.26 Å². The summed E-state index contributed by atoms with van der Waals surface area (Å²) >= 11 is 0. The van der Waals surface area contributed by atoms with Crippen LogP contribution in [0.5, 0.6) is 5.75 Å². The zero-order chi connectivity index (χ0) is 26.2. The van der Waals surface area contributed by atoms with Crippen molar-refractivity contribution >= 4 is 22.4 Å². The van der Waals surface area contributed by atoms with Crippen molar-refractivity contribution in [1.82, 2.24) is 20.2 Å². The van der Waals surface area contributed by atoms with Crippen LogP contribution in [0, 0.1) is 11.3 Å². The van der Waals surface area contributed by atoms with Gasteiger partial charge in [0.05, 0.1) is 31.2 Å². The van der Waals surface area contributed by atoms with E-state index >= 15 is 0 Å². The number of amides is 1. The lowest BCUT2D eigenvalue weighted by molar-refractivity contribution is 0.0869. The standard InChI is InChI=1S/C28H32N6O3/c1-19(16-29)17-31-26-23-15-21(7-6-20(23)8-9-25(26)37-3)24-10-11-30-27(33-24)28(35)32-22-5-4-12-34(18-22)13-14-36-2/h6-11,15,22,31H,1,4-5,12-14,17-18H2,2-3H3,(H,32,35)/t22-/m0/s1. The molecule has 9 nitrogen and oxygen atoms in total. The summed E-state index contributed by atoms with van der Waals surface area (Å²) in [5.74, 6) is 0.520. The average Bonchev–Trinajstić information content (AvgIpc) is 2.94. The quantitative estimate of drug-likeness (QED) is 0.406. The van der Waals surface area contributed by atoms with Crippen LogP contribution < -0.4 is 15.4 Å². The van der Waals surface area contributed by atoms with Crippen LogP contribution in [0.15, 0.2) is 54.7 Å². The molecule has 192 valence electrons. The number of carbonyl (C=O) groups is 1. The number of hydrogen-bond donors (Lipinski definition) is 2. The zero-order valence-electron chi connectivity index (χ0n) is 21.3. The maximum atomic E-state index is 13.0. The van der Waals surface area contributed by atoms with E-state index < -0.39 is 0 Å². The van der Waals surface area contributed by atoms with Crippen LogP contribution in [0.4, 0.5) is 5.69 Å². The van der Waals surface area contributed by atoms with Gasteiger partial charge >= 0.3 is 0 Å². The van der Waals surface area contributed by atoms with Gasteiger partial charge < -0.3 is 20.1 Å². The van der Waals surface area contributed by atoms with Crippen LogP contribution in [0.3, 0.4) is 0 Å². The number of aromatic nitrogens is 2. The number of rotatable bonds is 10. The molecule has 1 aliphatic heterocycles. The van der Waals surface area contributed by atoms with E-state index in [4.69, 9.17) is 14.7 Å². The van der Waals surface area contributed by atoms with Gasteiger partial charge in [-0.05, 0) is 43.0 Å². The third-order valence-corrected chi connectivity index (χ3v) is 6.45. The fraction of sp³-hybridized carbons (Fsp3) is 0.357. The van der Waals surface area contributed by atoms with Crippen molar-refractivity contribution in [2.75, 3.05) is 52.3 Å². The second-order valence-corrected chi connectivity index (χ2v) is 9.02. The number of ether oxygens (including phenoxy) is 2. The summed E-state index contributed by atoms with van der Waals surface area (Å²) in [6, 6.07) is 13.7. The molecule has 1 aromatic heterocycles. The summed E-state index contributed by atoms with van der Waals surface area (Å²) in [5.41, 5.74) is 2.66. The highest BCUT2D eigenvalue weighted by Gasteiger charge is 2.23. The molecule has 0 unspecified atom stereocenters. The molecule has 0 spiro atoms. The molecule has 0 radical (unpaired) electrons. The minimum Gasteiger partial charge on any atom is -0.495 e. The first-order valence-corrected chi connectivity index (χ1v) is 12.3. The number of benzene rings is 2. The van der Waals surface area contributed by atoms with Gasteiger partial charge in [0.2, 0.25) is 5.82 Å². The Hall–Kier alpha value is -4.00. The fourth-order valence-corrected chi connectivity index (χ4v) is 4.52. The lowest BCUT2D eigenvalue weighted by atomic mass is 10.0. The average molecular weight is 501 g/mol. The second kappa shape index (κ2) is 12.3. The topological polar surface area (TPSA) is 112 Å². The van der Waals surface area contributed by atoms with Gasteiger partial charge in [-0.15, -0.1) is 0 Å². The molecule has 4 rings (SSSR count). The third-order valence-electron chi connectivity index (χ3n) is 6.45. The molecule has 2 aromatic carbocycles. The molecule has 1 fully saturated rings. The fourth-order valence-electron chi connectivity index (χ4n) is 4.52. The molecular weight excluding hydrogens is 468 g/mol. The number of nitrogens with zero attached hydrogens (tertiary/aromatic N) is 4. The van der Waals surface area contributed by atoms with Crippen molar-refractivity contribution in [1.29, 1.82) is 5.26 Å². The van der Waals surface area contributed by atoms with E-state index in [9.17, 15) is 4.79 Å². The Morgan fingerprint density at radius 3 is 2.89 bits per heavy atom. The third kappa shape index (κ3) is 6.42. The Kier molecular flexibility index (Phi) is 8.67. The summed E-state index contributed by atoms with van der Waals surface area (Å²) in [6.45, 7) is 7.37. The lowest BCUT2D eigenvalue weighted by Crippen LogP contribution is -2.48. The van der Waals surface area contributed by atoms with Gasteiger partial charge in [-0.3, -0.25) is 9.69 Å². The Labute approximate surface area is 217 Å². The normalized spacial score (nSPS) is 15.6. The molecule has 1 amide bonds. The summed E-state index contributed by atoms with van der Waals surface area (Å²) in [5, 5.41) is 17.4. The number of anilines is 1. The molecule has 0 bridgehead atoms. The van der Waals surface area contributed by atoms with E-state index in [1.165, 1.54) is 0 Å². The predicted molar refractivity (Wildman–Crippen MR) is 144 cm³/mol. The Bertz CT molecular complexity index is 1320. The van der Waals surface area contributed by atoms with Crippen LogP contribution in [0.1, 0.15) is 23.5 Å². The molecule has 2 heterocycles. The molecule has 1 aliphatic rings. The van der Waals surface area contributed by atoms with Crippen LogP contribution in [-0.4, -0.2) is 73.8 Å². The number of nitrogens with one attached hydrogen (secondary N) is 2. The minimum absolute atomic E-state index is 0.0512. The van der Waals surface area contributed by atoms with E-state index in [2.05, 4.69) is 38.1 Å². The Morgan fingerprint density at radius 1 is 1.27 bits per heavy atom. The molecule has 3 aromatic rings. The van der Waals surface area contributed by atoms with Crippen molar-refractivity contribution in [2.24, 2.45) is 0 Å². The molecular formula is C28H32N6O3. The molecule has 1 atom stereocenters. The van der Waals surface area contributed by atoms with E-state index in [-0.39, 0.29) is 17.8 Å². The van der Waals surface area contributed by atoms with Crippen molar-refractivity contribution in [3.05, 3.63) is 60.6 Å². The van der Waals surface area contributed by atoms with Gasteiger partial charge in [0.1, 0.15) is 5.75 Å². The van der Waals surface area contributed by atoms with E-state index in [0.717, 1.165) is 54.5 Å². The second-order valence-electron chi connectivity index (χ2n) is 9.02. The van der Waals surface area contributed by atoms with E-state index in [1.807, 2.05) is 30.3 Å². The summed E-state index contributed by atoms with van der Waals surface area (Å²) in [7, 11) is 3.30. The first-order chi connectivity index (χ1) is 18.0. The SMILES string of the molecule is C=C(C#N)CNc1c(OC)ccc2ccc(-c3ccnc(C(=O)N[C@H]4CCCN(CCOC)C4)n3)cc12. The van der Waals surface area contributed by atoms with Crippen LogP contribution >= 0.6 is 0 Å². The highest BCUT2D eigenvalue weighted by molar-refractivity contribution is 5.99. The predicted octanol–water partition coefficient (Wildman–Crippen LogP) is 3.64. The van der Waals surface area contributed by atoms with Crippen molar-refractivity contribution in [3.63, 3.8) is 0 Å². The number of carbonyl (C=O) groups excluding carboxylic acids is 1. The molecule has 37 heavy (non-hydrogen) atoms. The first-order valence-electron chi connectivity index (χ1n) is 12.3.